The molecule has 2 rings (SSSR count). The summed E-state index contributed by atoms with van der Waals surface area (Å²) in [5, 5.41) is 6.41. The van der Waals surface area contributed by atoms with Crippen molar-refractivity contribution < 1.29 is 9.47 Å². The third-order valence-electron chi connectivity index (χ3n) is 2.86. The molecule has 20 heavy (non-hydrogen) atoms. The minimum atomic E-state index is 0.642. The number of methoxy groups -OCH3 is 2. The quantitative estimate of drug-likeness (QED) is 0.656. The summed E-state index contributed by atoms with van der Waals surface area (Å²) in [4.78, 5) is 1.17. The lowest BCUT2D eigenvalue weighted by Crippen LogP contribution is -2.08. The van der Waals surface area contributed by atoms with Crippen LogP contribution in [0.5, 0.6) is 11.5 Å². The molecule has 0 aliphatic heterocycles. The van der Waals surface area contributed by atoms with E-state index in [1.807, 2.05) is 36.6 Å². The maximum absolute atomic E-state index is 5.28. The van der Waals surface area contributed by atoms with Gasteiger partial charge in [-0.2, -0.15) is 5.10 Å². The fourth-order valence-electron chi connectivity index (χ4n) is 1.78. The number of nitrogens with zero attached hydrogens (tertiary/aromatic N) is 1. The van der Waals surface area contributed by atoms with Crippen molar-refractivity contribution in [2.75, 3.05) is 14.2 Å². The topological polar surface area (TPSA) is 42.8 Å². The number of hydrogen-bond donors (Lipinski definition) is 1. The summed E-state index contributed by atoms with van der Waals surface area (Å²) in [5.74, 6) is 1.46. The summed E-state index contributed by atoms with van der Waals surface area (Å²) in [7, 11) is 3.26. The molecule has 0 amide bonds. The van der Waals surface area contributed by atoms with E-state index in [2.05, 4.69) is 16.6 Å². The molecule has 0 atom stereocenters. The standard InChI is InChI=1S/C15H18N2O2S/c1-11(15-5-4-8-20-15)17-16-10-12-6-7-13(18-2)14(9-12)19-3/h4-9,16H,10H2,1-3H3/b17-11-. The van der Waals surface area contributed by atoms with E-state index >= 15 is 0 Å². The summed E-state index contributed by atoms with van der Waals surface area (Å²) in [6, 6.07) is 9.91. The van der Waals surface area contributed by atoms with Gasteiger partial charge in [0.2, 0.25) is 0 Å². The van der Waals surface area contributed by atoms with Gasteiger partial charge in [-0.1, -0.05) is 12.1 Å². The maximum Gasteiger partial charge on any atom is 0.161 e. The first-order chi connectivity index (χ1) is 9.74. The molecular weight excluding hydrogens is 272 g/mol. The Morgan fingerprint density at radius 3 is 2.65 bits per heavy atom. The molecule has 0 bridgehead atoms. The van der Waals surface area contributed by atoms with Gasteiger partial charge in [0, 0.05) is 4.88 Å². The molecule has 0 saturated heterocycles. The number of hydrazone groups is 1. The van der Waals surface area contributed by atoms with E-state index in [-0.39, 0.29) is 0 Å². The highest BCUT2D eigenvalue weighted by atomic mass is 32.1. The predicted octanol–water partition coefficient (Wildman–Crippen LogP) is 3.28. The van der Waals surface area contributed by atoms with Crippen molar-refractivity contribution in [2.24, 2.45) is 5.10 Å². The number of rotatable bonds is 6. The van der Waals surface area contributed by atoms with Crippen molar-refractivity contribution in [3.63, 3.8) is 0 Å². The Bertz CT molecular complexity index is 580. The van der Waals surface area contributed by atoms with Crippen molar-refractivity contribution in [1.82, 2.24) is 5.43 Å². The Morgan fingerprint density at radius 2 is 2.00 bits per heavy atom. The first kappa shape index (κ1) is 14.4. The second-order valence-electron chi connectivity index (χ2n) is 4.20. The number of ether oxygens (including phenoxy) is 2. The van der Waals surface area contributed by atoms with Crippen molar-refractivity contribution >= 4 is 17.0 Å². The molecule has 1 N–H and O–H groups in total. The van der Waals surface area contributed by atoms with Crippen LogP contribution in [-0.4, -0.2) is 19.9 Å². The molecular formula is C15H18N2O2S. The van der Waals surface area contributed by atoms with Gasteiger partial charge >= 0.3 is 0 Å². The summed E-state index contributed by atoms with van der Waals surface area (Å²) < 4.78 is 10.5. The molecule has 106 valence electrons. The summed E-state index contributed by atoms with van der Waals surface area (Å²) in [6.07, 6.45) is 0. The normalized spacial score (nSPS) is 11.2. The molecule has 0 fully saturated rings. The van der Waals surface area contributed by atoms with Crippen molar-refractivity contribution in [1.29, 1.82) is 0 Å². The molecule has 0 radical (unpaired) electrons. The van der Waals surface area contributed by atoms with Gasteiger partial charge in [-0.3, -0.25) is 0 Å². The fraction of sp³-hybridized carbons (Fsp3) is 0.267. The maximum atomic E-state index is 5.28. The molecule has 2 aromatic rings. The zero-order valence-electron chi connectivity index (χ0n) is 11.8. The third-order valence-corrected chi connectivity index (χ3v) is 3.83. The lowest BCUT2D eigenvalue weighted by Gasteiger charge is -2.09. The van der Waals surface area contributed by atoms with Gasteiger partial charge in [0.05, 0.1) is 26.5 Å². The predicted molar refractivity (Wildman–Crippen MR) is 82.9 cm³/mol. The SMILES string of the molecule is COc1ccc(CN/N=C(/C)c2cccs2)cc1OC. The molecule has 0 aliphatic carbocycles. The summed E-state index contributed by atoms with van der Waals surface area (Å²) in [6.45, 7) is 2.64. The lowest BCUT2D eigenvalue weighted by atomic mass is 10.2. The van der Waals surface area contributed by atoms with Gasteiger partial charge in [-0.25, -0.2) is 0 Å². The monoisotopic (exact) mass is 290 g/mol. The Labute approximate surface area is 123 Å². The first-order valence-electron chi connectivity index (χ1n) is 6.26. The van der Waals surface area contributed by atoms with E-state index in [4.69, 9.17) is 9.47 Å². The molecule has 0 unspecified atom stereocenters. The largest absolute Gasteiger partial charge is 0.493 e. The zero-order valence-corrected chi connectivity index (χ0v) is 12.7. The minimum Gasteiger partial charge on any atom is -0.493 e. The Balaban J connectivity index is 1.99. The van der Waals surface area contributed by atoms with E-state index < -0.39 is 0 Å². The van der Waals surface area contributed by atoms with Crippen LogP contribution >= 0.6 is 11.3 Å². The smallest absolute Gasteiger partial charge is 0.161 e. The summed E-state index contributed by atoms with van der Waals surface area (Å²) >= 11 is 1.68. The zero-order chi connectivity index (χ0) is 14.4. The molecule has 1 heterocycles. The van der Waals surface area contributed by atoms with Crippen LogP contribution in [0.2, 0.25) is 0 Å². The van der Waals surface area contributed by atoms with E-state index in [0.717, 1.165) is 22.8 Å². The third kappa shape index (κ3) is 3.51. The number of nitrogens with one attached hydrogen (secondary N) is 1. The fourth-order valence-corrected chi connectivity index (χ4v) is 2.46. The molecule has 1 aromatic heterocycles. The van der Waals surface area contributed by atoms with Crippen LogP contribution in [0.4, 0.5) is 0 Å². The van der Waals surface area contributed by atoms with E-state index in [1.165, 1.54) is 4.88 Å². The van der Waals surface area contributed by atoms with Crippen LogP contribution in [-0.2, 0) is 6.54 Å². The highest BCUT2D eigenvalue weighted by Gasteiger charge is 2.04. The average Bonchev–Trinajstić information content (AvgIpc) is 3.01. The lowest BCUT2D eigenvalue weighted by molar-refractivity contribution is 0.354. The Kier molecular flexibility index (Phi) is 5.01. The Hall–Kier alpha value is -2.01. The molecule has 0 saturated carbocycles. The molecule has 5 heteroatoms. The number of thiophene rings is 1. The molecule has 1 aromatic carbocycles. The average molecular weight is 290 g/mol. The van der Waals surface area contributed by atoms with Crippen LogP contribution in [0.3, 0.4) is 0 Å². The van der Waals surface area contributed by atoms with Crippen LogP contribution in [0.1, 0.15) is 17.4 Å². The van der Waals surface area contributed by atoms with E-state index in [1.54, 1.807) is 25.6 Å². The molecule has 4 nitrogen and oxygen atoms in total. The second kappa shape index (κ2) is 6.96. The van der Waals surface area contributed by atoms with Crippen molar-refractivity contribution in [3.8, 4) is 11.5 Å². The number of hydrogen-bond acceptors (Lipinski definition) is 5. The Morgan fingerprint density at radius 1 is 1.20 bits per heavy atom. The van der Waals surface area contributed by atoms with Gasteiger partial charge in [-0.15, -0.1) is 11.3 Å². The van der Waals surface area contributed by atoms with Gasteiger partial charge in [-0.05, 0) is 36.1 Å². The van der Waals surface area contributed by atoms with E-state index in [9.17, 15) is 0 Å². The van der Waals surface area contributed by atoms with Crippen molar-refractivity contribution in [2.45, 2.75) is 13.5 Å². The van der Waals surface area contributed by atoms with Gasteiger partial charge < -0.3 is 14.9 Å². The van der Waals surface area contributed by atoms with Gasteiger partial charge in [0.15, 0.2) is 11.5 Å². The highest BCUT2D eigenvalue weighted by molar-refractivity contribution is 7.12. The summed E-state index contributed by atoms with van der Waals surface area (Å²) in [5.41, 5.74) is 5.15. The number of benzene rings is 1. The van der Waals surface area contributed by atoms with Crippen LogP contribution < -0.4 is 14.9 Å². The van der Waals surface area contributed by atoms with E-state index in [0.29, 0.717) is 6.54 Å². The van der Waals surface area contributed by atoms with Gasteiger partial charge in [0.25, 0.3) is 0 Å². The van der Waals surface area contributed by atoms with Crippen LogP contribution in [0, 0.1) is 0 Å². The first-order valence-corrected chi connectivity index (χ1v) is 7.14. The van der Waals surface area contributed by atoms with Gasteiger partial charge in [0.1, 0.15) is 0 Å². The van der Waals surface area contributed by atoms with Crippen molar-refractivity contribution in [3.05, 3.63) is 46.2 Å². The molecule has 0 aliphatic rings. The minimum absolute atomic E-state index is 0.642. The molecule has 0 spiro atoms. The highest BCUT2D eigenvalue weighted by Crippen LogP contribution is 2.27. The van der Waals surface area contributed by atoms with Crippen LogP contribution in [0.25, 0.3) is 0 Å². The second-order valence-corrected chi connectivity index (χ2v) is 5.15. The van der Waals surface area contributed by atoms with Crippen LogP contribution in [0.15, 0.2) is 40.8 Å².